The number of hydrogen-bond donors (Lipinski definition) is 1. The molecule has 4 heterocycles. The van der Waals surface area contributed by atoms with Crippen LogP contribution in [0.15, 0.2) is 37.1 Å². The number of carbonyl (C=O) groups excluding carboxylic acids is 2. The molecule has 9 nitrogen and oxygen atoms in total. The number of carbonyl (C=O) groups is 3. The maximum Gasteiger partial charge on any atom is 0.490 e. The van der Waals surface area contributed by atoms with Crippen molar-refractivity contribution in [2.75, 3.05) is 19.6 Å². The molecule has 2 fully saturated rings. The normalized spacial score (nSPS) is 22.0. The van der Waals surface area contributed by atoms with Gasteiger partial charge in [-0.3, -0.25) is 14.6 Å². The number of pyridine rings is 1. The van der Waals surface area contributed by atoms with Crippen LogP contribution in [0.1, 0.15) is 50.4 Å². The van der Waals surface area contributed by atoms with Crippen LogP contribution in [-0.2, 0) is 20.9 Å². The first-order valence-corrected chi connectivity index (χ1v) is 11.1. The van der Waals surface area contributed by atoms with E-state index >= 15 is 0 Å². The minimum atomic E-state index is -5.08. The van der Waals surface area contributed by atoms with Gasteiger partial charge in [0.25, 0.3) is 0 Å². The van der Waals surface area contributed by atoms with Crippen LogP contribution < -0.4 is 0 Å². The van der Waals surface area contributed by atoms with Gasteiger partial charge in [-0.05, 0) is 38.0 Å². The highest BCUT2D eigenvalue weighted by Gasteiger charge is 2.58. The third kappa shape index (κ3) is 5.63. The number of hydrogen-bond acceptors (Lipinski definition) is 5. The number of carboxylic acids is 1. The first-order valence-electron chi connectivity index (χ1n) is 11.1. The van der Waals surface area contributed by atoms with Gasteiger partial charge in [-0.15, -0.1) is 0 Å². The second-order valence-corrected chi connectivity index (χ2v) is 9.08. The smallest absolute Gasteiger partial charge is 0.475 e. The summed E-state index contributed by atoms with van der Waals surface area (Å²) in [5, 5.41) is 7.12. The van der Waals surface area contributed by atoms with Crippen molar-refractivity contribution in [2.24, 2.45) is 5.41 Å². The van der Waals surface area contributed by atoms with Gasteiger partial charge in [0, 0.05) is 63.7 Å². The van der Waals surface area contributed by atoms with Crippen LogP contribution in [-0.4, -0.2) is 73.0 Å². The number of likely N-dealkylation sites (tertiary alicyclic amines) is 2. The quantitative estimate of drug-likeness (QED) is 0.699. The number of nitrogens with zero attached hydrogens (tertiary/aromatic N) is 5. The molecule has 2 saturated heterocycles. The second kappa shape index (κ2) is 10.0. The van der Waals surface area contributed by atoms with E-state index in [2.05, 4.69) is 28.4 Å². The average Bonchev–Trinajstić information content (AvgIpc) is 3.49. The molecule has 2 aromatic rings. The summed E-state index contributed by atoms with van der Waals surface area (Å²) in [5.74, 6) is -2.67. The van der Waals surface area contributed by atoms with E-state index in [-0.39, 0.29) is 17.7 Å². The number of alkyl halides is 3. The maximum atomic E-state index is 13.6. The fourth-order valence-corrected chi connectivity index (χ4v) is 4.53. The summed E-state index contributed by atoms with van der Waals surface area (Å²) >= 11 is 0. The SMILES string of the molecule is CC(=O)N1CC(c2cn(C(C)C)cn2)C2(CCN(Cc3ccncc3)C2=O)C1.O=C(O)C(F)(F)F. The molecule has 12 heteroatoms. The Morgan fingerprint density at radius 2 is 1.89 bits per heavy atom. The highest BCUT2D eigenvalue weighted by Crippen LogP contribution is 2.49. The molecule has 0 aliphatic carbocycles. The monoisotopic (exact) mass is 495 g/mol. The molecule has 2 aromatic heterocycles. The molecule has 0 saturated carbocycles. The van der Waals surface area contributed by atoms with Gasteiger partial charge in [0.15, 0.2) is 0 Å². The number of halogens is 3. The van der Waals surface area contributed by atoms with Crippen molar-refractivity contribution in [2.45, 2.75) is 51.9 Å². The van der Waals surface area contributed by atoms with Crippen molar-refractivity contribution in [1.29, 1.82) is 0 Å². The zero-order valence-electron chi connectivity index (χ0n) is 19.7. The first-order chi connectivity index (χ1) is 16.3. The zero-order chi connectivity index (χ0) is 26.0. The van der Waals surface area contributed by atoms with E-state index in [1.54, 1.807) is 19.3 Å². The van der Waals surface area contributed by atoms with E-state index in [1.807, 2.05) is 34.5 Å². The van der Waals surface area contributed by atoms with Crippen molar-refractivity contribution in [3.05, 3.63) is 48.3 Å². The van der Waals surface area contributed by atoms with Gasteiger partial charge in [-0.2, -0.15) is 13.2 Å². The van der Waals surface area contributed by atoms with Crippen LogP contribution in [0, 0.1) is 5.41 Å². The molecule has 1 spiro atoms. The van der Waals surface area contributed by atoms with Crippen LogP contribution in [0.5, 0.6) is 0 Å². The standard InChI is InChI=1S/C21H27N5O2.C2HF3O2/c1-15(2)26-12-19(23-14-26)18-11-25(16(3)27)13-21(18)6-9-24(20(21)28)10-17-4-7-22-8-5-17;3-2(4,5)1(6)7/h4-5,7-8,12,14-15,18H,6,9-11,13H2,1-3H3;(H,6,7). The van der Waals surface area contributed by atoms with Gasteiger partial charge < -0.3 is 19.5 Å². The molecule has 190 valence electrons. The number of carboxylic acid groups (broad SMARTS) is 1. The molecule has 4 rings (SSSR count). The zero-order valence-corrected chi connectivity index (χ0v) is 19.7. The number of aromatic nitrogens is 3. The van der Waals surface area contributed by atoms with E-state index in [0.717, 1.165) is 17.7 Å². The molecule has 2 amide bonds. The Hall–Kier alpha value is -3.44. The predicted molar refractivity (Wildman–Crippen MR) is 118 cm³/mol. The van der Waals surface area contributed by atoms with E-state index in [9.17, 15) is 22.8 Å². The van der Waals surface area contributed by atoms with Gasteiger partial charge in [-0.25, -0.2) is 9.78 Å². The molecule has 2 aliphatic rings. The largest absolute Gasteiger partial charge is 0.490 e. The van der Waals surface area contributed by atoms with Crippen LogP contribution in [0.2, 0.25) is 0 Å². The van der Waals surface area contributed by atoms with Crippen molar-refractivity contribution < 1.29 is 32.7 Å². The number of imidazole rings is 1. The Bertz CT molecular complexity index is 1070. The molecule has 0 radical (unpaired) electrons. The van der Waals surface area contributed by atoms with E-state index < -0.39 is 17.6 Å². The van der Waals surface area contributed by atoms with E-state index in [1.165, 1.54) is 0 Å². The second-order valence-electron chi connectivity index (χ2n) is 9.08. The Balaban J connectivity index is 0.000000429. The molecule has 1 N–H and O–H groups in total. The highest BCUT2D eigenvalue weighted by atomic mass is 19.4. The highest BCUT2D eigenvalue weighted by molar-refractivity contribution is 5.88. The van der Waals surface area contributed by atoms with Crippen molar-refractivity contribution >= 4 is 17.8 Å². The van der Waals surface area contributed by atoms with Crippen molar-refractivity contribution in [1.82, 2.24) is 24.3 Å². The molecule has 0 aromatic carbocycles. The summed E-state index contributed by atoms with van der Waals surface area (Å²) in [4.78, 5) is 47.0. The topological polar surface area (TPSA) is 109 Å². The van der Waals surface area contributed by atoms with Crippen LogP contribution in [0.4, 0.5) is 13.2 Å². The Morgan fingerprint density at radius 3 is 2.40 bits per heavy atom. The fraction of sp³-hybridized carbons (Fsp3) is 0.522. The van der Waals surface area contributed by atoms with Gasteiger partial charge in [0.2, 0.25) is 11.8 Å². The van der Waals surface area contributed by atoms with Crippen molar-refractivity contribution in [3.8, 4) is 0 Å². The summed E-state index contributed by atoms with van der Waals surface area (Å²) in [7, 11) is 0. The molecule has 2 atom stereocenters. The Morgan fingerprint density at radius 1 is 1.26 bits per heavy atom. The van der Waals surface area contributed by atoms with E-state index in [4.69, 9.17) is 9.90 Å². The fourth-order valence-electron chi connectivity index (χ4n) is 4.53. The van der Waals surface area contributed by atoms with Gasteiger partial charge in [0.1, 0.15) is 0 Å². The molecular weight excluding hydrogens is 467 g/mol. The molecule has 0 bridgehead atoms. The summed E-state index contributed by atoms with van der Waals surface area (Å²) in [6.45, 7) is 8.11. The lowest BCUT2D eigenvalue weighted by molar-refractivity contribution is -0.192. The number of amides is 2. The Labute approximate surface area is 200 Å². The third-order valence-corrected chi connectivity index (χ3v) is 6.47. The first kappa shape index (κ1) is 26.2. The van der Waals surface area contributed by atoms with Gasteiger partial charge >= 0.3 is 12.1 Å². The number of aliphatic carboxylic acids is 1. The lowest BCUT2D eigenvalue weighted by atomic mass is 9.75. The summed E-state index contributed by atoms with van der Waals surface area (Å²) in [6.07, 6.45) is 3.04. The van der Waals surface area contributed by atoms with Crippen LogP contribution in [0.25, 0.3) is 0 Å². The molecule has 2 aliphatic heterocycles. The van der Waals surface area contributed by atoms with Gasteiger partial charge in [0.05, 0.1) is 17.4 Å². The minimum Gasteiger partial charge on any atom is -0.475 e. The molecule has 2 unspecified atom stereocenters. The Kier molecular flexibility index (Phi) is 7.51. The lowest BCUT2D eigenvalue weighted by Crippen LogP contribution is -2.40. The predicted octanol–water partition coefficient (Wildman–Crippen LogP) is 2.86. The van der Waals surface area contributed by atoms with Crippen LogP contribution in [0.3, 0.4) is 0 Å². The molecular formula is C23H28F3N5O4. The summed E-state index contributed by atoms with van der Waals surface area (Å²) in [5.41, 5.74) is 1.41. The lowest BCUT2D eigenvalue weighted by Gasteiger charge is -2.27. The van der Waals surface area contributed by atoms with E-state index in [0.29, 0.717) is 32.2 Å². The minimum absolute atomic E-state index is 0.0190. The third-order valence-electron chi connectivity index (χ3n) is 6.47. The number of rotatable bonds is 4. The van der Waals surface area contributed by atoms with Crippen LogP contribution >= 0.6 is 0 Å². The average molecular weight is 496 g/mol. The maximum absolute atomic E-state index is 13.6. The van der Waals surface area contributed by atoms with Gasteiger partial charge in [-0.1, -0.05) is 0 Å². The summed E-state index contributed by atoms with van der Waals surface area (Å²) < 4.78 is 33.8. The summed E-state index contributed by atoms with van der Waals surface area (Å²) in [6, 6.07) is 4.19. The molecule has 35 heavy (non-hydrogen) atoms. The van der Waals surface area contributed by atoms with Crippen molar-refractivity contribution in [3.63, 3.8) is 0 Å².